The van der Waals surface area contributed by atoms with Gasteiger partial charge >= 0.3 is 5.97 Å². The lowest BCUT2D eigenvalue weighted by Crippen LogP contribution is -2.37. The summed E-state index contributed by atoms with van der Waals surface area (Å²) in [6.45, 7) is 2.79. The van der Waals surface area contributed by atoms with Crippen molar-refractivity contribution in [2.45, 2.75) is 6.04 Å². The first-order valence-corrected chi connectivity index (χ1v) is 5.31. The molecule has 0 aromatic carbocycles. The monoisotopic (exact) mass is 238 g/mol. The standard InChI is InChI=1S/C10H14N4O3/c11-8(9(15)16)7-5-12-10(13-6-7)14-1-3-17-4-2-14/h5-6,8H,1-4,11H2,(H,15,16). The van der Waals surface area contributed by atoms with Crippen molar-refractivity contribution in [3.63, 3.8) is 0 Å². The summed E-state index contributed by atoms with van der Waals surface area (Å²) in [5.41, 5.74) is 5.85. The zero-order valence-electron chi connectivity index (χ0n) is 9.24. The zero-order valence-corrected chi connectivity index (χ0v) is 9.24. The van der Waals surface area contributed by atoms with E-state index in [-0.39, 0.29) is 0 Å². The first-order chi connectivity index (χ1) is 8.18. The smallest absolute Gasteiger partial charge is 0.325 e. The molecule has 2 rings (SSSR count). The lowest BCUT2D eigenvalue weighted by Gasteiger charge is -2.26. The molecule has 0 spiro atoms. The fourth-order valence-corrected chi connectivity index (χ4v) is 1.56. The van der Waals surface area contributed by atoms with Crippen molar-refractivity contribution in [3.8, 4) is 0 Å². The van der Waals surface area contributed by atoms with Crippen LogP contribution in [-0.2, 0) is 9.53 Å². The van der Waals surface area contributed by atoms with Gasteiger partial charge in [0.05, 0.1) is 13.2 Å². The fourth-order valence-electron chi connectivity index (χ4n) is 1.56. The highest BCUT2D eigenvalue weighted by Crippen LogP contribution is 2.12. The maximum atomic E-state index is 10.7. The number of morpholine rings is 1. The van der Waals surface area contributed by atoms with Gasteiger partial charge in [-0.25, -0.2) is 9.97 Å². The summed E-state index contributed by atoms with van der Waals surface area (Å²) in [5.74, 6) is -0.512. The van der Waals surface area contributed by atoms with Crippen LogP contribution in [0.2, 0.25) is 0 Å². The Labute approximate surface area is 98.2 Å². The largest absolute Gasteiger partial charge is 0.480 e. The third kappa shape index (κ3) is 2.69. The fraction of sp³-hybridized carbons (Fsp3) is 0.500. The quantitative estimate of drug-likeness (QED) is 0.724. The average molecular weight is 238 g/mol. The van der Waals surface area contributed by atoms with E-state index in [0.29, 0.717) is 24.7 Å². The first-order valence-electron chi connectivity index (χ1n) is 5.31. The van der Waals surface area contributed by atoms with Crippen LogP contribution in [0.1, 0.15) is 11.6 Å². The minimum Gasteiger partial charge on any atom is -0.480 e. The number of hydrogen-bond acceptors (Lipinski definition) is 6. The molecule has 1 aliphatic heterocycles. The minimum absolute atomic E-state index is 0.398. The number of nitrogens with zero attached hydrogens (tertiary/aromatic N) is 3. The van der Waals surface area contributed by atoms with Gasteiger partial charge in [0, 0.05) is 31.0 Å². The van der Waals surface area contributed by atoms with Crippen molar-refractivity contribution in [3.05, 3.63) is 18.0 Å². The van der Waals surface area contributed by atoms with Crippen LogP contribution in [0.3, 0.4) is 0 Å². The number of rotatable bonds is 3. The van der Waals surface area contributed by atoms with Gasteiger partial charge in [0.2, 0.25) is 5.95 Å². The predicted molar refractivity (Wildman–Crippen MR) is 59.6 cm³/mol. The van der Waals surface area contributed by atoms with Gasteiger partial charge in [0.25, 0.3) is 0 Å². The number of aliphatic carboxylic acids is 1. The van der Waals surface area contributed by atoms with E-state index in [1.807, 2.05) is 4.90 Å². The third-order valence-electron chi connectivity index (χ3n) is 2.58. The van der Waals surface area contributed by atoms with Gasteiger partial charge in [0.15, 0.2) is 0 Å². The highest BCUT2D eigenvalue weighted by Gasteiger charge is 2.17. The molecule has 1 aromatic rings. The van der Waals surface area contributed by atoms with Crippen LogP contribution >= 0.6 is 0 Å². The second-order valence-corrected chi connectivity index (χ2v) is 3.73. The zero-order chi connectivity index (χ0) is 12.3. The summed E-state index contributed by atoms with van der Waals surface area (Å²) in [7, 11) is 0. The number of carboxylic acids is 1. The maximum Gasteiger partial charge on any atom is 0.325 e. The molecular formula is C10H14N4O3. The Morgan fingerprint density at radius 2 is 2.00 bits per heavy atom. The summed E-state index contributed by atoms with van der Waals surface area (Å²) < 4.78 is 5.22. The molecule has 1 atom stereocenters. The lowest BCUT2D eigenvalue weighted by atomic mass is 10.2. The van der Waals surface area contributed by atoms with Crippen molar-refractivity contribution in [2.24, 2.45) is 5.73 Å². The molecule has 1 aromatic heterocycles. The van der Waals surface area contributed by atoms with Gasteiger partial charge in [-0.15, -0.1) is 0 Å². The summed E-state index contributed by atoms with van der Waals surface area (Å²) in [4.78, 5) is 20.9. The number of aromatic nitrogens is 2. The molecule has 92 valence electrons. The Balaban J connectivity index is 2.09. The number of ether oxygens (including phenoxy) is 1. The van der Waals surface area contributed by atoms with Crippen LogP contribution in [-0.4, -0.2) is 47.3 Å². The molecule has 1 aliphatic rings. The van der Waals surface area contributed by atoms with Crippen molar-refractivity contribution >= 4 is 11.9 Å². The molecule has 0 bridgehead atoms. The highest BCUT2D eigenvalue weighted by atomic mass is 16.5. The predicted octanol–water partition coefficient (Wildman–Crippen LogP) is -0.602. The summed E-state index contributed by atoms with van der Waals surface area (Å²) >= 11 is 0. The first kappa shape index (κ1) is 11.7. The number of anilines is 1. The van der Waals surface area contributed by atoms with Crippen LogP contribution in [0.15, 0.2) is 12.4 Å². The van der Waals surface area contributed by atoms with Crippen LogP contribution in [0.25, 0.3) is 0 Å². The third-order valence-corrected chi connectivity index (χ3v) is 2.58. The molecule has 0 saturated carbocycles. The second kappa shape index (κ2) is 5.07. The highest BCUT2D eigenvalue weighted by molar-refractivity contribution is 5.74. The molecule has 17 heavy (non-hydrogen) atoms. The van der Waals surface area contributed by atoms with Crippen LogP contribution in [0.4, 0.5) is 5.95 Å². The average Bonchev–Trinajstić information content (AvgIpc) is 2.39. The Hall–Kier alpha value is -1.73. The van der Waals surface area contributed by atoms with E-state index in [4.69, 9.17) is 15.6 Å². The van der Waals surface area contributed by atoms with Crippen molar-refractivity contribution in [2.75, 3.05) is 31.2 Å². The van der Waals surface area contributed by atoms with Crippen LogP contribution in [0, 0.1) is 0 Å². The molecule has 0 aliphatic carbocycles. The van der Waals surface area contributed by atoms with Gasteiger partial charge < -0.3 is 20.5 Å². The summed E-state index contributed by atoms with van der Waals surface area (Å²) in [5, 5.41) is 8.75. The molecule has 1 saturated heterocycles. The van der Waals surface area contributed by atoms with E-state index < -0.39 is 12.0 Å². The van der Waals surface area contributed by atoms with Crippen LogP contribution in [0.5, 0.6) is 0 Å². The number of hydrogen-bond donors (Lipinski definition) is 2. The van der Waals surface area contributed by atoms with E-state index in [0.717, 1.165) is 13.1 Å². The van der Waals surface area contributed by atoms with Gasteiger partial charge in [-0.1, -0.05) is 0 Å². The SMILES string of the molecule is NC(C(=O)O)c1cnc(N2CCOCC2)nc1. The molecule has 1 unspecified atom stereocenters. The van der Waals surface area contributed by atoms with E-state index in [9.17, 15) is 4.79 Å². The topological polar surface area (TPSA) is 102 Å². The normalized spacial score (nSPS) is 17.8. The lowest BCUT2D eigenvalue weighted by molar-refractivity contribution is -0.138. The van der Waals surface area contributed by atoms with Gasteiger partial charge in [0.1, 0.15) is 6.04 Å². The second-order valence-electron chi connectivity index (χ2n) is 3.73. The van der Waals surface area contributed by atoms with Crippen molar-refractivity contribution in [1.82, 2.24) is 9.97 Å². The Bertz CT molecular complexity index is 389. The molecule has 2 heterocycles. The number of nitrogens with two attached hydrogens (primary N) is 1. The van der Waals surface area contributed by atoms with Crippen molar-refractivity contribution in [1.29, 1.82) is 0 Å². The van der Waals surface area contributed by atoms with Gasteiger partial charge in [-0.05, 0) is 0 Å². The van der Waals surface area contributed by atoms with Crippen LogP contribution < -0.4 is 10.6 Å². The molecule has 3 N–H and O–H groups in total. The Morgan fingerprint density at radius 1 is 1.41 bits per heavy atom. The Morgan fingerprint density at radius 3 is 2.53 bits per heavy atom. The molecule has 0 amide bonds. The number of carboxylic acid groups (broad SMARTS) is 1. The van der Waals surface area contributed by atoms with E-state index in [1.54, 1.807) is 0 Å². The van der Waals surface area contributed by atoms with E-state index in [1.165, 1.54) is 12.4 Å². The molecule has 7 nitrogen and oxygen atoms in total. The molecular weight excluding hydrogens is 224 g/mol. The summed E-state index contributed by atoms with van der Waals surface area (Å²) in [6, 6.07) is -1.08. The van der Waals surface area contributed by atoms with Crippen molar-refractivity contribution < 1.29 is 14.6 Å². The Kier molecular flexibility index (Phi) is 3.50. The maximum absolute atomic E-state index is 10.7. The summed E-state index contributed by atoms with van der Waals surface area (Å²) in [6.07, 6.45) is 2.91. The molecule has 0 radical (unpaired) electrons. The number of carbonyl (C=O) groups is 1. The van der Waals surface area contributed by atoms with Gasteiger partial charge in [-0.2, -0.15) is 0 Å². The van der Waals surface area contributed by atoms with E-state index >= 15 is 0 Å². The minimum atomic E-state index is -1.09. The molecule has 7 heteroatoms. The van der Waals surface area contributed by atoms with Gasteiger partial charge in [-0.3, -0.25) is 4.79 Å². The van der Waals surface area contributed by atoms with E-state index in [2.05, 4.69) is 9.97 Å². The molecule has 1 fully saturated rings.